The molecule has 0 aliphatic carbocycles. The van der Waals surface area contributed by atoms with Crippen molar-refractivity contribution in [1.29, 1.82) is 0 Å². The van der Waals surface area contributed by atoms with Crippen molar-refractivity contribution in [2.45, 2.75) is 0 Å². The molecule has 23 heavy (non-hydrogen) atoms. The second-order valence-corrected chi connectivity index (χ2v) is 4.36. The van der Waals surface area contributed by atoms with Crippen LogP contribution in [0.5, 0.6) is 0 Å². The monoisotopic (exact) mass is 309 g/mol. The Morgan fingerprint density at radius 2 is 1.70 bits per heavy atom. The molecule has 2 aromatic heterocycles. The maximum Gasteiger partial charge on any atom is 0.276 e. The van der Waals surface area contributed by atoms with Gasteiger partial charge in [-0.15, -0.1) is 0 Å². The highest BCUT2D eigenvalue weighted by Gasteiger charge is 2.06. The van der Waals surface area contributed by atoms with Gasteiger partial charge >= 0.3 is 0 Å². The van der Waals surface area contributed by atoms with Crippen LogP contribution in [0.25, 0.3) is 0 Å². The quantitative estimate of drug-likeness (QED) is 0.685. The number of hydrogen-bond donors (Lipinski definition) is 3. The number of primary amides is 1. The number of hydrogen-bond acceptors (Lipinski definition) is 4. The van der Waals surface area contributed by atoms with E-state index in [0.717, 1.165) is 5.69 Å². The lowest BCUT2D eigenvalue weighted by Gasteiger charge is -2.01. The smallest absolute Gasteiger partial charge is 0.276 e. The van der Waals surface area contributed by atoms with Gasteiger partial charge in [0, 0.05) is 18.1 Å². The van der Waals surface area contributed by atoms with Crippen LogP contribution in [-0.4, -0.2) is 27.0 Å². The summed E-state index contributed by atoms with van der Waals surface area (Å²) in [6.45, 7) is 0. The highest BCUT2D eigenvalue weighted by atomic mass is 16.2. The van der Waals surface area contributed by atoms with Gasteiger partial charge in [0.2, 0.25) is 0 Å². The number of aromatic amines is 1. The minimum atomic E-state index is -0.490. The fourth-order valence-corrected chi connectivity index (χ4v) is 1.61. The summed E-state index contributed by atoms with van der Waals surface area (Å²) in [6, 6.07) is 15.9. The Kier molecular flexibility index (Phi) is 5.59. The van der Waals surface area contributed by atoms with Gasteiger partial charge in [0.05, 0.1) is 0 Å². The standard InChI is InChI=1S/C10H9N3O.C6H6N2O/c14-10(9-6-7-11-13-9)12-8-4-2-1-3-5-8;7-6(9)5-3-1-2-4-8-5/h1-7H,(H,11,13)(H,12,14);1-4H,(H2,7,9). The summed E-state index contributed by atoms with van der Waals surface area (Å²) in [5.74, 6) is -0.701. The Morgan fingerprint density at radius 3 is 2.22 bits per heavy atom. The number of amides is 2. The minimum absolute atomic E-state index is 0.211. The van der Waals surface area contributed by atoms with Crippen molar-refractivity contribution < 1.29 is 9.59 Å². The molecular formula is C16H15N5O2. The molecule has 0 saturated carbocycles. The summed E-state index contributed by atoms with van der Waals surface area (Å²) in [7, 11) is 0. The van der Waals surface area contributed by atoms with E-state index in [1.165, 1.54) is 6.20 Å². The SMILES string of the molecule is NC(=O)c1ccccn1.O=C(Nc1ccccc1)c1cc[nH]n1. The number of pyridine rings is 1. The summed E-state index contributed by atoms with van der Waals surface area (Å²) in [6.07, 6.45) is 3.14. The average molecular weight is 309 g/mol. The van der Waals surface area contributed by atoms with Crippen molar-refractivity contribution in [2.24, 2.45) is 5.73 Å². The third-order valence-electron chi connectivity index (χ3n) is 2.68. The topological polar surface area (TPSA) is 114 Å². The van der Waals surface area contributed by atoms with Crippen molar-refractivity contribution in [3.8, 4) is 0 Å². The van der Waals surface area contributed by atoms with Crippen molar-refractivity contribution >= 4 is 17.5 Å². The Labute approximate surface area is 132 Å². The van der Waals surface area contributed by atoms with Crippen molar-refractivity contribution in [3.05, 3.63) is 78.4 Å². The van der Waals surface area contributed by atoms with Crippen LogP contribution in [-0.2, 0) is 0 Å². The Bertz CT molecular complexity index is 743. The van der Waals surface area contributed by atoms with Crippen LogP contribution in [0.2, 0.25) is 0 Å². The number of rotatable bonds is 3. The molecule has 116 valence electrons. The highest BCUT2D eigenvalue weighted by molar-refractivity contribution is 6.02. The molecule has 0 saturated heterocycles. The first-order chi connectivity index (χ1) is 11.2. The first-order valence-corrected chi connectivity index (χ1v) is 6.74. The van der Waals surface area contributed by atoms with Crippen LogP contribution >= 0.6 is 0 Å². The Balaban J connectivity index is 0.000000185. The lowest BCUT2D eigenvalue weighted by atomic mass is 10.3. The molecule has 0 aliphatic rings. The van der Waals surface area contributed by atoms with Gasteiger partial charge in [0.1, 0.15) is 11.4 Å². The molecule has 3 aromatic rings. The van der Waals surface area contributed by atoms with Gasteiger partial charge in [-0.2, -0.15) is 5.10 Å². The van der Waals surface area contributed by atoms with Gasteiger partial charge in [0.25, 0.3) is 11.8 Å². The first kappa shape index (κ1) is 15.9. The van der Waals surface area contributed by atoms with E-state index < -0.39 is 5.91 Å². The summed E-state index contributed by atoms with van der Waals surface area (Å²) in [4.78, 5) is 25.5. The van der Waals surface area contributed by atoms with E-state index in [4.69, 9.17) is 5.73 Å². The molecule has 4 N–H and O–H groups in total. The molecule has 7 nitrogen and oxygen atoms in total. The van der Waals surface area contributed by atoms with Crippen LogP contribution in [0.1, 0.15) is 21.0 Å². The fraction of sp³-hybridized carbons (Fsp3) is 0. The lowest BCUT2D eigenvalue weighted by molar-refractivity contribution is 0.0993. The molecule has 0 atom stereocenters. The summed E-state index contributed by atoms with van der Waals surface area (Å²) >= 11 is 0. The van der Waals surface area contributed by atoms with E-state index >= 15 is 0 Å². The molecule has 0 spiro atoms. The lowest BCUT2D eigenvalue weighted by Crippen LogP contribution is -2.12. The molecule has 7 heteroatoms. The van der Waals surface area contributed by atoms with E-state index in [1.54, 1.807) is 30.5 Å². The van der Waals surface area contributed by atoms with Gasteiger partial charge < -0.3 is 11.1 Å². The Morgan fingerprint density at radius 1 is 0.957 bits per heavy atom. The predicted octanol–water partition coefficient (Wildman–Crippen LogP) is 1.84. The van der Waals surface area contributed by atoms with E-state index in [1.807, 2.05) is 30.3 Å². The zero-order valence-electron chi connectivity index (χ0n) is 12.1. The van der Waals surface area contributed by atoms with Crippen LogP contribution in [0, 0.1) is 0 Å². The van der Waals surface area contributed by atoms with Crippen LogP contribution in [0.3, 0.4) is 0 Å². The maximum absolute atomic E-state index is 11.5. The molecular weight excluding hydrogens is 294 g/mol. The van der Waals surface area contributed by atoms with Crippen molar-refractivity contribution in [3.63, 3.8) is 0 Å². The minimum Gasteiger partial charge on any atom is -0.364 e. The number of nitrogens with one attached hydrogen (secondary N) is 2. The molecule has 3 rings (SSSR count). The molecule has 0 unspecified atom stereocenters. The van der Waals surface area contributed by atoms with Gasteiger partial charge in [0.15, 0.2) is 0 Å². The van der Waals surface area contributed by atoms with E-state index in [0.29, 0.717) is 11.4 Å². The van der Waals surface area contributed by atoms with Gasteiger partial charge in [-0.1, -0.05) is 24.3 Å². The van der Waals surface area contributed by atoms with Crippen molar-refractivity contribution in [2.75, 3.05) is 5.32 Å². The number of anilines is 1. The van der Waals surface area contributed by atoms with Crippen LogP contribution in [0.15, 0.2) is 67.0 Å². The fourth-order valence-electron chi connectivity index (χ4n) is 1.61. The number of nitrogens with two attached hydrogens (primary N) is 1. The van der Waals surface area contributed by atoms with Gasteiger partial charge in [-0.3, -0.25) is 19.7 Å². The molecule has 2 heterocycles. The number of aromatic nitrogens is 3. The van der Waals surface area contributed by atoms with Crippen LogP contribution < -0.4 is 11.1 Å². The maximum atomic E-state index is 11.5. The molecule has 0 radical (unpaired) electrons. The highest BCUT2D eigenvalue weighted by Crippen LogP contribution is 2.06. The molecule has 0 bridgehead atoms. The van der Waals surface area contributed by atoms with E-state index in [2.05, 4.69) is 20.5 Å². The molecule has 0 fully saturated rings. The molecule has 2 amide bonds. The van der Waals surface area contributed by atoms with Crippen LogP contribution in [0.4, 0.5) is 5.69 Å². The number of nitrogens with zero attached hydrogens (tertiary/aromatic N) is 2. The molecule has 0 aliphatic heterocycles. The van der Waals surface area contributed by atoms with Gasteiger partial charge in [-0.05, 0) is 30.3 Å². The number of carbonyl (C=O) groups is 2. The second-order valence-electron chi connectivity index (χ2n) is 4.36. The second kappa shape index (κ2) is 8.08. The van der Waals surface area contributed by atoms with Gasteiger partial charge in [-0.25, -0.2) is 0 Å². The normalized spacial score (nSPS) is 9.39. The zero-order chi connectivity index (χ0) is 16.5. The van der Waals surface area contributed by atoms with E-state index in [-0.39, 0.29) is 5.91 Å². The third-order valence-corrected chi connectivity index (χ3v) is 2.68. The Hall–Kier alpha value is -3.48. The first-order valence-electron chi connectivity index (χ1n) is 6.74. The predicted molar refractivity (Wildman–Crippen MR) is 85.7 cm³/mol. The summed E-state index contributed by atoms with van der Waals surface area (Å²) in [5, 5.41) is 9.08. The van der Waals surface area contributed by atoms with Crippen molar-refractivity contribution in [1.82, 2.24) is 15.2 Å². The summed E-state index contributed by atoms with van der Waals surface area (Å²) < 4.78 is 0. The number of para-hydroxylation sites is 1. The summed E-state index contributed by atoms with van der Waals surface area (Å²) in [5.41, 5.74) is 6.36. The third kappa shape index (κ3) is 5.09. The van der Waals surface area contributed by atoms with E-state index in [9.17, 15) is 9.59 Å². The average Bonchev–Trinajstić information content (AvgIpc) is 3.12. The number of carbonyl (C=O) groups excluding carboxylic acids is 2. The largest absolute Gasteiger partial charge is 0.364 e. The zero-order valence-corrected chi connectivity index (χ0v) is 12.1. The number of benzene rings is 1. The molecule has 1 aromatic carbocycles. The number of H-pyrrole nitrogens is 1.